The highest BCUT2D eigenvalue weighted by Gasteiger charge is 2.19. The SMILES string of the molecule is Cc1ccccc1-n1c2ccc(-c3nc(-c4ccccc4)nc(-c4ccccc4)n3)cc2c2cc(-c3ccc(-n4c5ccccc5c5ccccc54)cc3C#N)ccc21. The van der Waals surface area contributed by atoms with Gasteiger partial charge in [0.05, 0.1) is 33.7 Å². The monoisotopic (exact) mass is 754 g/mol. The van der Waals surface area contributed by atoms with Crippen molar-refractivity contribution in [1.82, 2.24) is 24.1 Å². The first kappa shape index (κ1) is 34.1. The predicted molar refractivity (Wildman–Crippen MR) is 240 cm³/mol. The third-order valence-corrected chi connectivity index (χ3v) is 11.4. The normalized spacial score (nSPS) is 11.5. The number of aromatic nitrogens is 5. The quantitative estimate of drug-likeness (QED) is 0.169. The van der Waals surface area contributed by atoms with Crippen LogP contribution in [0, 0.1) is 18.3 Å². The van der Waals surface area contributed by atoms with E-state index in [4.69, 9.17) is 15.0 Å². The Hall–Kier alpha value is -8.14. The van der Waals surface area contributed by atoms with E-state index in [1.165, 1.54) is 16.3 Å². The van der Waals surface area contributed by atoms with E-state index in [0.29, 0.717) is 23.0 Å². The number of para-hydroxylation sites is 3. The van der Waals surface area contributed by atoms with Gasteiger partial charge in [0.1, 0.15) is 0 Å². The average molecular weight is 755 g/mol. The number of benzene rings is 8. The molecule has 6 nitrogen and oxygen atoms in total. The standard InChI is InChI=1S/C53H34N6/c1-34-14-8-11-21-46(34)59-49-28-24-37(41-27-26-40(30-39(41)33-54)58-47-22-12-9-19-42(47)43-20-10-13-23-48(43)58)31-44(49)45-32-38(25-29-50(45)59)53-56-51(35-15-4-2-5-16-35)55-52(57-53)36-17-6-3-7-18-36/h2-32H,1H3. The molecule has 11 rings (SSSR count). The number of rotatable bonds is 6. The van der Waals surface area contributed by atoms with Crippen LogP contribution in [0.2, 0.25) is 0 Å². The zero-order valence-electron chi connectivity index (χ0n) is 32.1. The summed E-state index contributed by atoms with van der Waals surface area (Å²) in [5, 5.41) is 15.2. The van der Waals surface area contributed by atoms with E-state index in [9.17, 15) is 5.26 Å². The van der Waals surface area contributed by atoms with Gasteiger partial charge in [0.2, 0.25) is 0 Å². The van der Waals surface area contributed by atoms with E-state index in [0.717, 1.165) is 72.0 Å². The lowest BCUT2D eigenvalue weighted by atomic mass is 9.97. The molecule has 0 fully saturated rings. The van der Waals surface area contributed by atoms with Crippen LogP contribution in [0.15, 0.2) is 188 Å². The van der Waals surface area contributed by atoms with E-state index in [-0.39, 0.29) is 0 Å². The lowest BCUT2D eigenvalue weighted by Gasteiger charge is -2.12. The molecule has 0 radical (unpaired) electrons. The van der Waals surface area contributed by atoms with Crippen molar-refractivity contribution in [3.63, 3.8) is 0 Å². The molecule has 276 valence electrons. The van der Waals surface area contributed by atoms with E-state index < -0.39 is 0 Å². The predicted octanol–water partition coefficient (Wildman–Crippen LogP) is 12.9. The van der Waals surface area contributed by atoms with E-state index in [1.54, 1.807) is 0 Å². The van der Waals surface area contributed by atoms with Gasteiger partial charge in [0.25, 0.3) is 0 Å². The molecule has 0 N–H and O–H groups in total. The maximum Gasteiger partial charge on any atom is 0.164 e. The molecule has 11 aromatic rings. The molecule has 0 unspecified atom stereocenters. The van der Waals surface area contributed by atoms with Gasteiger partial charge in [0.15, 0.2) is 17.5 Å². The Morgan fingerprint density at radius 2 is 0.898 bits per heavy atom. The van der Waals surface area contributed by atoms with Crippen molar-refractivity contribution in [3.05, 3.63) is 199 Å². The van der Waals surface area contributed by atoms with Crippen LogP contribution in [0.25, 0.3) is 100 Å². The highest BCUT2D eigenvalue weighted by Crippen LogP contribution is 2.39. The number of aryl methyl sites for hydroxylation is 1. The summed E-state index contributed by atoms with van der Waals surface area (Å²) >= 11 is 0. The van der Waals surface area contributed by atoms with Gasteiger partial charge in [-0.15, -0.1) is 0 Å². The maximum absolute atomic E-state index is 10.7. The molecule has 0 saturated heterocycles. The van der Waals surface area contributed by atoms with Gasteiger partial charge in [-0.25, -0.2) is 15.0 Å². The molecule has 3 aromatic heterocycles. The fraction of sp³-hybridized carbons (Fsp3) is 0.0189. The summed E-state index contributed by atoms with van der Waals surface area (Å²) in [5.41, 5.74) is 12.8. The fourth-order valence-corrected chi connectivity index (χ4v) is 8.56. The number of nitrogens with zero attached hydrogens (tertiary/aromatic N) is 6. The van der Waals surface area contributed by atoms with Crippen LogP contribution in [-0.2, 0) is 0 Å². The van der Waals surface area contributed by atoms with Crippen molar-refractivity contribution in [2.24, 2.45) is 0 Å². The molecule has 0 aliphatic heterocycles. The minimum absolute atomic E-state index is 0.597. The highest BCUT2D eigenvalue weighted by molar-refractivity contribution is 6.12. The second-order valence-electron chi connectivity index (χ2n) is 14.8. The highest BCUT2D eigenvalue weighted by atomic mass is 15.0. The van der Waals surface area contributed by atoms with E-state index >= 15 is 0 Å². The van der Waals surface area contributed by atoms with Gasteiger partial charge in [0, 0.05) is 49.6 Å². The summed E-state index contributed by atoms with van der Waals surface area (Å²) in [6.07, 6.45) is 0. The molecule has 0 atom stereocenters. The molecule has 59 heavy (non-hydrogen) atoms. The minimum Gasteiger partial charge on any atom is -0.309 e. The van der Waals surface area contributed by atoms with Crippen LogP contribution in [0.5, 0.6) is 0 Å². The Kier molecular flexibility index (Phi) is 7.99. The van der Waals surface area contributed by atoms with Gasteiger partial charge in [-0.1, -0.05) is 127 Å². The molecular weight excluding hydrogens is 721 g/mol. The van der Waals surface area contributed by atoms with Crippen LogP contribution >= 0.6 is 0 Å². The van der Waals surface area contributed by atoms with Crippen molar-refractivity contribution in [3.8, 4) is 62.7 Å². The van der Waals surface area contributed by atoms with Gasteiger partial charge in [-0.3, -0.25) is 0 Å². The zero-order chi connectivity index (χ0) is 39.5. The number of fused-ring (bicyclic) bond motifs is 6. The first-order valence-corrected chi connectivity index (χ1v) is 19.7. The summed E-state index contributed by atoms with van der Waals surface area (Å²) in [6.45, 7) is 2.15. The molecular formula is C53H34N6. The summed E-state index contributed by atoms with van der Waals surface area (Å²) < 4.78 is 4.59. The zero-order valence-corrected chi connectivity index (χ0v) is 32.1. The Morgan fingerprint density at radius 3 is 1.49 bits per heavy atom. The molecule has 0 aliphatic carbocycles. The van der Waals surface area contributed by atoms with E-state index in [2.05, 4.69) is 143 Å². The van der Waals surface area contributed by atoms with Crippen LogP contribution < -0.4 is 0 Å². The summed E-state index contributed by atoms with van der Waals surface area (Å²) in [5.74, 6) is 1.83. The molecule has 8 aromatic carbocycles. The molecule has 0 saturated carbocycles. The van der Waals surface area contributed by atoms with Crippen molar-refractivity contribution in [2.75, 3.05) is 0 Å². The van der Waals surface area contributed by atoms with Crippen molar-refractivity contribution in [2.45, 2.75) is 6.92 Å². The van der Waals surface area contributed by atoms with Crippen LogP contribution in [-0.4, -0.2) is 24.1 Å². The van der Waals surface area contributed by atoms with Gasteiger partial charge < -0.3 is 9.13 Å². The van der Waals surface area contributed by atoms with E-state index in [1.807, 2.05) is 66.7 Å². The lowest BCUT2D eigenvalue weighted by Crippen LogP contribution is -2.00. The first-order chi connectivity index (χ1) is 29.1. The van der Waals surface area contributed by atoms with Crippen LogP contribution in [0.3, 0.4) is 0 Å². The third kappa shape index (κ3) is 5.68. The lowest BCUT2D eigenvalue weighted by molar-refractivity contribution is 1.07. The molecule has 0 spiro atoms. The fourth-order valence-electron chi connectivity index (χ4n) is 8.56. The van der Waals surface area contributed by atoms with Gasteiger partial charge in [-0.05, 0) is 84.3 Å². The Balaban J connectivity index is 1.11. The van der Waals surface area contributed by atoms with Gasteiger partial charge in [-0.2, -0.15) is 5.26 Å². The van der Waals surface area contributed by atoms with Crippen LogP contribution in [0.1, 0.15) is 11.1 Å². The second-order valence-corrected chi connectivity index (χ2v) is 14.8. The topological polar surface area (TPSA) is 72.3 Å². The number of hydrogen-bond acceptors (Lipinski definition) is 4. The smallest absolute Gasteiger partial charge is 0.164 e. The Labute approximate surface area is 340 Å². The summed E-state index contributed by atoms with van der Waals surface area (Å²) in [6, 6.07) is 67.3. The summed E-state index contributed by atoms with van der Waals surface area (Å²) in [7, 11) is 0. The number of hydrogen-bond donors (Lipinski definition) is 0. The molecule has 0 aliphatic rings. The first-order valence-electron chi connectivity index (χ1n) is 19.7. The van der Waals surface area contributed by atoms with Crippen molar-refractivity contribution < 1.29 is 0 Å². The largest absolute Gasteiger partial charge is 0.309 e. The summed E-state index contributed by atoms with van der Waals surface area (Å²) in [4.78, 5) is 15.0. The molecule has 0 amide bonds. The second kappa shape index (κ2) is 13.8. The average Bonchev–Trinajstić information content (AvgIpc) is 3.81. The third-order valence-electron chi connectivity index (χ3n) is 11.4. The Morgan fingerprint density at radius 1 is 0.407 bits per heavy atom. The maximum atomic E-state index is 10.7. The molecule has 3 heterocycles. The molecule has 6 heteroatoms. The Bertz CT molecular complexity index is 3350. The number of nitriles is 1. The van der Waals surface area contributed by atoms with Gasteiger partial charge >= 0.3 is 0 Å². The van der Waals surface area contributed by atoms with Crippen LogP contribution in [0.4, 0.5) is 0 Å². The van der Waals surface area contributed by atoms with Crippen molar-refractivity contribution >= 4 is 43.6 Å². The van der Waals surface area contributed by atoms with Crippen molar-refractivity contribution in [1.29, 1.82) is 5.26 Å². The molecule has 0 bridgehead atoms. The minimum atomic E-state index is 0.597.